The minimum Gasteiger partial charge on any atom is -0.368 e. The Labute approximate surface area is 255 Å². The van der Waals surface area contributed by atoms with Crippen LogP contribution in [-0.4, -0.2) is 39.1 Å². The van der Waals surface area contributed by atoms with Gasteiger partial charge < -0.3 is 21.9 Å². The SMILES string of the molecule is CCC(Cc1ccccc1)C(NCc1ccc2ccccc2c1)(C(N)=O)C(O)(NC(=O)c1ccc2ccccc2n1)C(N)=O. The van der Waals surface area contributed by atoms with Crippen LogP contribution < -0.4 is 22.1 Å². The summed E-state index contributed by atoms with van der Waals surface area (Å²) in [6.07, 6.45) is 0.535. The van der Waals surface area contributed by atoms with Crippen molar-refractivity contribution in [3.63, 3.8) is 0 Å². The molecule has 0 bridgehead atoms. The number of para-hydroxylation sites is 1. The van der Waals surface area contributed by atoms with E-state index < -0.39 is 34.9 Å². The lowest BCUT2D eigenvalue weighted by molar-refractivity contribution is -0.165. The lowest BCUT2D eigenvalue weighted by atomic mass is 9.69. The third-order valence-corrected chi connectivity index (χ3v) is 8.26. The molecule has 9 heteroatoms. The van der Waals surface area contributed by atoms with Crippen LogP contribution >= 0.6 is 0 Å². The molecule has 5 aromatic rings. The van der Waals surface area contributed by atoms with E-state index in [2.05, 4.69) is 15.6 Å². The minimum absolute atomic E-state index is 0.0265. The van der Waals surface area contributed by atoms with E-state index >= 15 is 0 Å². The minimum atomic E-state index is -2.95. The van der Waals surface area contributed by atoms with E-state index in [1.807, 2.05) is 91.9 Å². The zero-order valence-corrected chi connectivity index (χ0v) is 24.4. The van der Waals surface area contributed by atoms with Gasteiger partial charge in [0.1, 0.15) is 5.69 Å². The molecule has 4 aromatic carbocycles. The van der Waals surface area contributed by atoms with E-state index in [9.17, 15) is 19.5 Å². The molecule has 0 aliphatic heterocycles. The quantitative estimate of drug-likeness (QED) is 0.140. The number of hydrogen-bond acceptors (Lipinski definition) is 6. The van der Waals surface area contributed by atoms with Crippen molar-refractivity contribution in [2.24, 2.45) is 17.4 Å². The number of nitrogens with two attached hydrogens (primary N) is 2. The molecule has 9 nitrogen and oxygen atoms in total. The molecule has 1 aromatic heterocycles. The molecule has 7 N–H and O–H groups in total. The highest BCUT2D eigenvalue weighted by atomic mass is 16.3. The lowest BCUT2D eigenvalue weighted by Crippen LogP contribution is -2.82. The van der Waals surface area contributed by atoms with Crippen molar-refractivity contribution < 1.29 is 19.5 Å². The molecule has 1 heterocycles. The number of aromatic nitrogens is 1. The molecule has 0 spiro atoms. The predicted molar refractivity (Wildman–Crippen MR) is 170 cm³/mol. The smallest absolute Gasteiger partial charge is 0.273 e. The third kappa shape index (κ3) is 5.75. The van der Waals surface area contributed by atoms with Gasteiger partial charge in [0.25, 0.3) is 11.8 Å². The van der Waals surface area contributed by atoms with Gasteiger partial charge in [0, 0.05) is 11.9 Å². The molecule has 0 saturated carbocycles. The Morgan fingerprint density at radius 3 is 2.09 bits per heavy atom. The van der Waals surface area contributed by atoms with Gasteiger partial charge in [-0.2, -0.15) is 0 Å². The number of rotatable bonds is 12. The molecular weight excluding hydrogens is 554 g/mol. The highest BCUT2D eigenvalue weighted by molar-refractivity contribution is 6.03. The fourth-order valence-corrected chi connectivity index (χ4v) is 5.90. The molecule has 5 rings (SSSR count). The number of primary amides is 2. The number of aliphatic hydroxyl groups is 1. The molecule has 44 heavy (non-hydrogen) atoms. The van der Waals surface area contributed by atoms with Gasteiger partial charge in [-0.15, -0.1) is 0 Å². The number of pyridine rings is 1. The summed E-state index contributed by atoms with van der Waals surface area (Å²) in [5.74, 6) is -4.08. The second-order valence-corrected chi connectivity index (χ2v) is 10.9. The lowest BCUT2D eigenvalue weighted by Gasteiger charge is -2.48. The number of carbonyl (C=O) groups is 3. The van der Waals surface area contributed by atoms with Gasteiger partial charge in [-0.05, 0) is 52.4 Å². The van der Waals surface area contributed by atoms with E-state index in [4.69, 9.17) is 11.5 Å². The molecule has 0 fully saturated rings. The van der Waals surface area contributed by atoms with Gasteiger partial charge in [0.15, 0.2) is 5.54 Å². The van der Waals surface area contributed by atoms with Gasteiger partial charge in [-0.3, -0.25) is 19.7 Å². The van der Waals surface area contributed by atoms with Crippen LogP contribution in [0, 0.1) is 5.92 Å². The van der Waals surface area contributed by atoms with Gasteiger partial charge in [0.2, 0.25) is 11.6 Å². The van der Waals surface area contributed by atoms with Gasteiger partial charge in [-0.1, -0.05) is 104 Å². The van der Waals surface area contributed by atoms with Gasteiger partial charge >= 0.3 is 0 Å². The maximum absolute atomic E-state index is 13.7. The number of nitrogens with one attached hydrogen (secondary N) is 2. The van der Waals surface area contributed by atoms with Crippen LogP contribution in [0.3, 0.4) is 0 Å². The Hall–Kier alpha value is -5.12. The molecule has 0 saturated heterocycles. The number of hydrogen-bond donors (Lipinski definition) is 5. The van der Waals surface area contributed by atoms with Gasteiger partial charge in [-0.25, -0.2) is 4.98 Å². The maximum atomic E-state index is 13.7. The summed E-state index contributed by atoms with van der Waals surface area (Å²) in [7, 11) is 0. The highest BCUT2D eigenvalue weighted by Gasteiger charge is 2.63. The van der Waals surface area contributed by atoms with Crippen LogP contribution in [0.5, 0.6) is 0 Å². The van der Waals surface area contributed by atoms with Crippen molar-refractivity contribution in [3.8, 4) is 0 Å². The Bertz CT molecular complexity index is 1830. The summed E-state index contributed by atoms with van der Waals surface area (Å²) in [6, 6.07) is 33.2. The number of fused-ring (bicyclic) bond motifs is 2. The Morgan fingerprint density at radius 1 is 0.773 bits per heavy atom. The highest BCUT2D eigenvalue weighted by Crippen LogP contribution is 2.35. The molecular formula is C35H35N5O4. The second-order valence-electron chi connectivity index (χ2n) is 10.9. The van der Waals surface area contributed by atoms with E-state index in [0.717, 1.165) is 27.3 Å². The van der Waals surface area contributed by atoms with E-state index in [0.29, 0.717) is 11.9 Å². The van der Waals surface area contributed by atoms with E-state index in [-0.39, 0.29) is 18.7 Å². The zero-order valence-electron chi connectivity index (χ0n) is 24.4. The van der Waals surface area contributed by atoms with Crippen molar-refractivity contribution in [2.75, 3.05) is 0 Å². The van der Waals surface area contributed by atoms with Crippen molar-refractivity contribution in [3.05, 3.63) is 126 Å². The third-order valence-electron chi connectivity index (χ3n) is 8.26. The normalized spacial score (nSPS) is 14.8. The van der Waals surface area contributed by atoms with Crippen LogP contribution in [0.15, 0.2) is 109 Å². The Kier molecular flexibility index (Phi) is 8.71. The molecule has 3 amide bonds. The van der Waals surface area contributed by atoms with Crippen LogP contribution in [-0.2, 0) is 22.6 Å². The van der Waals surface area contributed by atoms with Crippen molar-refractivity contribution in [1.82, 2.24) is 15.6 Å². The molecule has 3 atom stereocenters. The monoisotopic (exact) mass is 589 g/mol. The van der Waals surface area contributed by atoms with Crippen LogP contribution in [0.1, 0.15) is 35.0 Å². The first-order valence-electron chi connectivity index (χ1n) is 14.4. The Morgan fingerprint density at radius 2 is 1.41 bits per heavy atom. The molecule has 0 aliphatic carbocycles. The zero-order chi connectivity index (χ0) is 31.3. The Balaban J connectivity index is 1.60. The summed E-state index contributed by atoms with van der Waals surface area (Å²) in [5, 5.41) is 20.5. The van der Waals surface area contributed by atoms with Crippen LogP contribution in [0.2, 0.25) is 0 Å². The van der Waals surface area contributed by atoms with Gasteiger partial charge in [0.05, 0.1) is 5.52 Å². The second kappa shape index (κ2) is 12.6. The average Bonchev–Trinajstić information content (AvgIpc) is 3.04. The summed E-state index contributed by atoms with van der Waals surface area (Å²) in [5.41, 5.74) is 8.88. The standard InChI is InChI=1S/C35H35N5O4/c1-2-28(21-23-10-4-3-5-11-23)34(32(36)42,38-22-24-16-17-25-12-6-7-14-27(25)20-24)35(44,33(37)43)40-31(41)30-19-18-26-13-8-9-15-29(26)39-30/h3-20,28,38,44H,2,21-22H2,1H3,(H2,36,42)(H2,37,43)(H,40,41). The fourth-order valence-electron chi connectivity index (χ4n) is 5.90. The largest absolute Gasteiger partial charge is 0.368 e. The summed E-state index contributed by atoms with van der Waals surface area (Å²) in [6.45, 7) is 1.84. The summed E-state index contributed by atoms with van der Waals surface area (Å²) >= 11 is 0. The van der Waals surface area contributed by atoms with Crippen LogP contribution in [0.4, 0.5) is 0 Å². The summed E-state index contributed by atoms with van der Waals surface area (Å²) in [4.78, 5) is 45.0. The fraction of sp³-hybridized carbons (Fsp3) is 0.200. The number of benzene rings is 4. The molecule has 0 radical (unpaired) electrons. The predicted octanol–water partition coefficient (Wildman–Crippen LogP) is 3.57. The van der Waals surface area contributed by atoms with Crippen LogP contribution in [0.25, 0.3) is 21.7 Å². The molecule has 0 aliphatic rings. The van der Waals surface area contributed by atoms with E-state index in [1.54, 1.807) is 18.2 Å². The first kappa shape index (κ1) is 30.3. The molecule has 224 valence electrons. The van der Waals surface area contributed by atoms with E-state index in [1.165, 1.54) is 6.07 Å². The number of carbonyl (C=O) groups excluding carboxylic acids is 3. The first-order valence-corrected chi connectivity index (χ1v) is 14.4. The number of amides is 3. The molecule has 3 unspecified atom stereocenters. The number of nitrogens with zero attached hydrogens (tertiary/aromatic N) is 1. The topological polar surface area (TPSA) is 160 Å². The average molecular weight is 590 g/mol. The summed E-state index contributed by atoms with van der Waals surface area (Å²) < 4.78 is 0. The maximum Gasteiger partial charge on any atom is 0.273 e. The first-order chi connectivity index (χ1) is 21.2. The van der Waals surface area contributed by atoms with Crippen molar-refractivity contribution >= 4 is 39.4 Å². The van der Waals surface area contributed by atoms with Crippen molar-refractivity contribution in [2.45, 2.75) is 37.6 Å². The van der Waals surface area contributed by atoms with Crippen molar-refractivity contribution in [1.29, 1.82) is 0 Å².